The molecule has 0 unspecified atom stereocenters. The van der Waals surface area contributed by atoms with Crippen LogP contribution < -0.4 is 15.5 Å². The van der Waals surface area contributed by atoms with Crippen molar-refractivity contribution in [2.24, 2.45) is 5.92 Å². The van der Waals surface area contributed by atoms with Crippen molar-refractivity contribution in [3.63, 3.8) is 0 Å². The summed E-state index contributed by atoms with van der Waals surface area (Å²) in [7, 11) is 1.62. The van der Waals surface area contributed by atoms with Gasteiger partial charge in [-0.05, 0) is 79.6 Å². The quantitative estimate of drug-likeness (QED) is 0.263. The molecule has 44 heavy (non-hydrogen) atoms. The maximum atomic E-state index is 13.2. The number of hydrogen-bond donors (Lipinski definition) is 3. The first kappa shape index (κ1) is 29.8. The van der Waals surface area contributed by atoms with Crippen molar-refractivity contribution in [1.82, 2.24) is 19.8 Å². The maximum absolute atomic E-state index is 13.2. The Labute approximate surface area is 257 Å². The first-order chi connectivity index (χ1) is 21.5. The molecular formula is C34H40N6O4. The third-order valence-electron chi connectivity index (χ3n) is 8.68. The molecule has 3 N–H and O–H groups in total. The van der Waals surface area contributed by atoms with Crippen molar-refractivity contribution < 1.29 is 19.4 Å². The first-order valence-electron chi connectivity index (χ1n) is 15.4. The summed E-state index contributed by atoms with van der Waals surface area (Å²) in [5.74, 6) is 0.720. The molecule has 0 aliphatic carbocycles. The molecule has 0 bridgehead atoms. The Morgan fingerprint density at radius 1 is 0.977 bits per heavy atom. The fourth-order valence-corrected chi connectivity index (χ4v) is 6.08. The van der Waals surface area contributed by atoms with E-state index in [1.807, 2.05) is 54.6 Å². The number of carbonyl (C=O) groups is 2. The first-order valence-corrected chi connectivity index (χ1v) is 15.4. The highest BCUT2D eigenvalue weighted by Gasteiger charge is 2.21. The molecule has 4 aromatic rings. The molecule has 0 radical (unpaired) electrons. The van der Waals surface area contributed by atoms with Crippen LogP contribution in [0.25, 0.3) is 10.9 Å². The van der Waals surface area contributed by atoms with Crippen LogP contribution in [0.3, 0.4) is 0 Å². The molecular weight excluding hydrogens is 556 g/mol. The molecule has 0 saturated carbocycles. The van der Waals surface area contributed by atoms with Gasteiger partial charge in [-0.3, -0.25) is 14.3 Å². The number of aliphatic hydroxyl groups is 1. The van der Waals surface area contributed by atoms with Gasteiger partial charge in [0.1, 0.15) is 5.82 Å². The smallest absolute Gasteiger partial charge is 0.325 e. The van der Waals surface area contributed by atoms with Crippen LogP contribution in [-0.4, -0.2) is 77.5 Å². The average Bonchev–Trinajstić information content (AvgIpc) is 3.49. The lowest BCUT2D eigenvalue weighted by molar-refractivity contribution is 0.0688. The van der Waals surface area contributed by atoms with Crippen LogP contribution in [0.1, 0.15) is 41.6 Å². The summed E-state index contributed by atoms with van der Waals surface area (Å²) in [4.78, 5) is 34.6. The fourth-order valence-electron chi connectivity index (χ4n) is 6.08. The minimum absolute atomic E-state index is 0.182. The van der Waals surface area contributed by atoms with Crippen molar-refractivity contribution in [1.29, 1.82) is 0 Å². The van der Waals surface area contributed by atoms with Gasteiger partial charge in [0.15, 0.2) is 0 Å². The van der Waals surface area contributed by atoms with E-state index in [0.717, 1.165) is 92.9 Å². The van der Waals surface area contributed by atoms with E-state index >= 15 is 0 Å². The second-order valence-electron chi connectivity index (χ2n) is 11.7. The van der Waals surface area contributed by atoms with Crippen LogP contribution in [0, 0.1) is 5.92 Å². The standard InChI is InChI=1S/C34H40N6O4/c1-35-34(43)39-17-9-27-20-28(6-7-31(27)39)40(23-25-12-18-44-19-13-25)29-8-14-36-32(21-29)37-33(42)26-4-2-24(3-5-26)22-38-15-10-30(41)11-16-38/h2-9,14,17,20-21,25,30,41H,10-13,15-16,18-19,22-23H2,1H3,(H,35,43)(H,36,37,42). The number of pyridine rings is 1. The van der Waals surface area contributed by atoms with Gasteiger partial charge in [0.05, 0.1) is 11.6 Å². The molecule has 4 heterocycles. The zero-order valence-corrected chi connectivity index (χ0v) is 25.1. The number of aromatic nitrogens is 2. The molecule has 230 valence electrons. The summed E-state index contributed by atoms with van der Waals surface area (Å²) >= 11 is 0. The van der Waals surface area contributed by atoms with E-state index in [1.165, 1.54) is 0 Å². The van der Waals surface area contributed by atoms with E-state index in [0.29, 0.717) is 17.3 Å². The molecule has 10 nitrogen and oxygen atoms in total. The number of hydrogen-bond acceptors (Lipinski definition) is 7. The molecule has 6 rings (SSSR count). The van der Waals surface area contributed by atoms with Gasteiger partial charge in [0, 0.05) is 87.2 Å². The van der Waals surface area contributed by atoms with Crippen molar-refractivity contribution in [2.45, 2.75) is 38.3 Å². The summed E-state index contributed by atoms with van der Waals surface area (Å²) in [6.07, 6.45) is 6.89. The summed E-state index contributed by atoms with van der Waals surface area (Å²) in [5.41, 5.74) is 4.47. The van der Waals surface area contributed by atoms with Gasteiger partial charge in [-0.15, -0.1) is 0 Å². The number of ether oxygens (including phenoxy) is 1. The van der Waals surface area contributed by atoms with Gasteiger partial charge >= 0.3 is 6.03 Å². The number of likely N-dealkylation sites (tertiary alicyclic amines) is 1. The summed E-state index contributed by atoms with van der Waals surface area (Å²) < 4.78 is 7.22. The number of carbonyl (C=O) groups excluding carboxylic acids is 2. The Kier molecular flexibility index (Phi) is 9.20. The molecule has 2 saturated heterocycles. The Morgan fingerprint density at radius 3 is 2.48 bits per heavy atom. The number of rotatable bonds is 8. The minimum atomic E-state index is -0.213. The number of aliphatic hydroxyl groups excluding tert-OH is 1. The van der Waals surface area contributed by atoms with Crippen molar-refractivity contribution in [3.05, 3.63) is 84.2 Å². The van der Waals surface area contributed by atoms with E-state index in [4.69, 9.17) is 4.74 Å². The van der Waals surface area contributed by atoms with Gasteiger partial charge in [0.2, 0.25) is 0 Å². The van der Waals surface area contributed by atoms with Crippen LogP contribution in [0.5, 0.6) is 0 Å². The Bertz CT molecular complexity index is 1590. The topological polar surface area (TPSA) is 112 Å². The number of fused-ring (bicyclic) bond motifs is 1. The highest BCUT2D eigenvalue weighted by Crippen LogP contribution is 2.32. The SMILES string of the molecule is CNC(=O)n1ccc2cc(N(CC3CCOCC3)c3ccnc(NC(=O)c4ccc(CN5CCC(O)CC5)cc4)c3)ccc21. The largest absolute Gasteiger partial charge is 0.393 e. The zero-order valence-electron chi connectivity index (χ0n) is 25.1. The van der Waals surface area contributed by atoms with Gasteiger partial charge in [-0.2, -0.15) is 0 Å². The van der Waals surface area contributed by atoms with E-state index in [9.17, 15) is 14.7 Å². The monoisotopic (exact) mass is 596 g/mol. The number of anilines is 3. The number of nitrogens with one attached hydrogen (secondary N) is 2. The lowest BCUT2D eigenvalue weighted by atomic mass is 9.99. The third-order valence-corrected chi connectivity index (χ3v) is 8.68. The van der Waals surface area contributed by atoms with Crippen LogP contribution in [0.4, 0.5) is 22.0 Å². The zero-order chi connectivity index (χ0) is 30.5. The second kappa shape index (κ2) is 13.6. The van der Waals surface area contributed by atoms with Crippen LogP contribution >= 0.6 is 0 Å². The highest BCUT2D eigenvalue weighted by molar-refractivity contribution is 6.04. The van der Waals surface area contributed by atoms with Gasteiger partial charge < -0.3 is 25.4 Å². The Hall–Kier alpha value is -4.25. The fraction of sp³-hybridized carbons (Fsp3) is 0.382. The minimum Gasteiger partial charge on any atom is -0.393 e. The Morgan fingerprint density at radius 2 is 1.73 bits per heavy atom. The number of nitrogens with zero attached hydrogens (tertiary/aromatic N) is 4. The van der Waals surface area contributed by atoms with Crippen LogP contribution in [0.15, 0.2) is 73.1 Å². The van der Waals surface area contributed by atoms with Crippen LogP contribution in [0.2, 0.25) is 0 Å². The van der Waals surface area contributed by atoms with Gasteiger partial charge in [0.25, 0.3) is 5.91 Å². The Balaban J connectivity index is 1.20. The van der Waals surface area contributed by atoms with Crippen molar-refractivity contribution in [3.8, 4) is 0 Å². The second-order valence-corrected chi connectivity index (χ2v) is 11.7. The predicted octanol–water partition coefficient (Wildman–Crippen LogP) is 5.00. The molecule has 2 aliphatic rings. The number of amides is 2. The third kappa shape index (κ3) is 6.93. The summed E-state index contributed by atoms with van der Waals surface area (Å²) in [6, 6.07) is 19.4. The highest BCUT2D eigenvalue weighted by atomic mass is 16.5. The molecule has 2 aliphatic heterocycles. The van der Waals surface area contributed by atoms with Crippen molar-refractivity contribution in [2.75, 3.05) is 50.1 Å². The number of piperidine rings is 1. The summed E-state index contributed by atoms with van der Waals surface area (Å²) in [5, 5.41) is 16.4. The molecule has 2 amide bonds. The van der Waals surface area contributed by atoms with Crippen LogP contribution in [-0.2, 0) is 11.3 Å². The molecule has 0 atom stereocenters. The lowest BCUT2D eigenvalue weighted by Crippen LogP contribution is -2.35. The van der Waals surface area contributed by atoms with E-state index < -0.39 is 0 Å². The normalized spacial score (nSPS) is 16.6. The molecule has 2 fully saturated rings. The van der Waals surface area contributed by atoms with Gasteiger partial charge in [-0.25, -0.2) is 9.78 Å². The summed E-state index contributed by atoms with van der Waals surface area (Å²) in [6.45, 7) is 4.87. The molecule has 2 aromatic carbocycles. The molecule has 2 aromatic heterocycles. The predicted molar refractivity (Wildman–Crippen MR) is 171 cm³/mol. The maximum Gasteiger partial charge on any atom is 0.325 e. The van der Waals surface area contributed by atoms with Gasteiger partial charge in [-0.1, -0.05) is 12.1 Å². The van der Waals surface area contributed by atoms with E-state index in [2.05, 4.69) is 31.5 Å². The van der Waals surface area contributed by atoms with Crippen molar-refractivity contribution >= 4 is 40.0 Å². The van der Waals surface area contributed by atoms with E-state index in [-0.39, 0.29) is 18.0 Å². The van der Waals surface area contributed by atoms with E-state index in [1.54, 1.807) is 24.0 Å². The molecule has 0 spiro atoms. The number of benzene rings is 2. The molecule has 10 heteroatoms. The lowest BCUT2D eigenvalue weighted by Gasteiger charge is -2.31. The average molecular weight is 597 g/mol.